The van der Waals surface area contributed by atoms with Crippen LogP contribution in [0.3, 0.4) is 0 Å². The van der Waals surface area contributed by atoms with Crippen molar-refractivity contribution in [1.82, 2.24) is 0 Å². The highest BCUT2D eigenvalue weighted by Gasteiger charge is 2.11. The van der Waals surface area contributed by atoms with Gasteiger partial charge >= 0.3 is 5.97 Å². The molecule has 0 amide bonds. The van der Waals surface area contributed by atoms with Gasteiger partial charge in [0, 0.05) is 29.9 Å². The zero-order valence-electron chi connectivity index (χ0n) is 13.0. The number of benzene rings is 1. The van der Waals surface area contributed by atoms with Gasteiger partial charge in [-0.3, -0.25) is 0 Å². The average Bonchev–Trinajstić information content (AvgIpc) is 2.47. The Bertz CT molecular complexity index is 496. The number of anilines is 1. The van der Waals surface area contributed by atoms with Crippen LogP contribution in [-0.2, 0) is 4.79 Å². The van der Waals surface area contributed by atoms with E-state index in [1.54, 1.807) is 0 Å². The van der Waals surface area contributed by atoms with Gasteiger partial charge in [-0.05, 0) is 36.6 Å². The number of hydrogen-bond donors (Lipinski definition) is 1. The SMILES string of the molecule is CCC(CC)CN(CC)c1ccc(/C=C/C(=O)O)c(Cl)c1. The van der Waals surface area contributed by atoms with Crippen LogP contribution < -0.4 is 4.90 Å². The van der Waals surface area contributed by atoms with Crippen LogP contribution in [0.1, 0.15) is 39.2 Å². The molecule has 0 saturated heterocycles. The molecule has 1 aromatic carbocycles. The second-order valence-electron chi connectivity index (χ2n) is 5.10. The zero-order valence-corrected chi connectivity index (χ0v) is 13.7. The molecule has 0 aliphatic carbocycles. The highest BCUT2D eigenvalue weighted by molar-refractivity contribution is 6.32. The Morgan fingerprint density at radius 2 is 2.00 bits per heavy atom. The molecule has 0 aliphatic heterocycles. The first-order valence-corrected chi connectivity index (χ1v) is 7.85. The van der Waals surface area contributed by atoms with Gasteiger partial charge in [-0.2, -0.15) is 0 Å². The molecule has 0 spiro atoms. The molecule has 0 radical (unpaired) electrons. The molecule has 0 bridgehead atoms. The number of aliphatic carboxylic acids is 1. The van der Waals surface area contributed by atoms with Gasteiger partial charge in [0.15, 0.2) is 0 Å². The van der Waals surface area contributed by atoms with E-state index in [9.17, 15) is 4.79 Å². The highest BCUT2D eigenvalue weighted by atomic mass is 35.5. The lowest BCUT2D eigenvalue weighted by atomic mass is 10.0. The van der Waals surface area contributed by atoms with Gasteiger partial charge in [-0.15, -0.1) is 0 Å². The van der Waals surface area contributed by atoms with Crippen molar-refractivity contribution in [2.75, 3.05) is 18.0 Å². The summed E-state index contributed by atoms with van der Waals surface area (Å²) in [4.78, 5) is 12.9. The number of carboxylic acid groups (broad SMARTS) is 1. The van der Waals surface area contributed by atoms with Crippen LogP contribution in [0.5, 0.6) is 0 Å². The first kappa shape index (κ1) is 17.6. The summed E-state index contributed by atoms with van der Waals surface area (Å²) < 4.78 is 0. The maximum atomic E-state index is 10.6. The molecule has 0 fully saturated rings. The Hall–Kier alpha value is -1.48. The van der Waals surface area contributed by atoms with Crippen molar-refractivity contribution >= 4 is 29.3 Å². The van der Waals surface area contributed by atoms with Crippen LogP contribution in [-0.4, -0.2) is 24.2 Å². The summed E-state index contributed by atoms with van der Waals surface area (Å²) >= 11 is 6.25. The molecule has 1 rings (SSSR count). The molecule has 0 heterocycles. The summed E-state index contributed by atoms with van der Waals surface area (Å²) in [5, 5.41) is 9.24. The van der Waals surface area contributed by atoms with Gasteiger partial charge in [-0.25, -0.2) is 4.79 Å². The van der Waals surface area contributed by atoms with E-state index in [1.165, 1.54) is 18.9 Å². The predicted molar refractivity (Wildman–Crippen MR) is 90.1 cm³/mol. The minimum atomic E-state index is -0.973. The summed E-state index contributed by atoms with van der Waals surface area (Å²) in [6.07, 6.45) is 4.95. The lowest BCUT2D eigenvalue weighted by molar-refractivity contribution is -0.131. The van der Waals surface area contributed by atoms with Crippen molar-refractivity contribution in [1.29, 1.82) is 0 Å². The Balaban J connectivity index is 2.92. The quantitative estimate of drug-likeness (QED) is 0.708. The molecule has 0 aromatic heterocycles. The smallest absolute Gasteiger partial charge is 0.328 e. The standard InChI is InChI=1S/C17H24ClNO2/c1-4-13(5-2)12-19(6-3)15-9-7-14(16(18)11-15)8-10-17(20)21/h7-11,13H,4-6,12H2,1-3H3,(H,20,21)/b10-8+. The lowest BCUT2D eigenvalue weighted by Gasteiger charge is -2.27. The molecular formula is C17H24ClNO2. The van der Waals surface area contributed by atoms with Crippen LogP contribution in [0.25, 0.3) is 6.08 Å². The number of carbonyl (C=O) groups is 1. The summed E-state index contributed by atoms with van der Waals surface area (Å²) in [7, 11) is 0. The first-order chi connectivity index (χ1) is 10.0. The molecule has 3 nitrogen and oxygen atoms in total. The molecule has 0 unspecified atom stereocenters. The largest absolute Gasteiger partial charge is 0.478 e. The van der Waals surface area contributed by atoms with E-state index in [4.69, 9.17) is 16.7 Å². The molecule has 0 atom stereocenters. The first-order valence-electron chi connectivity index (χ1n) is 7.47. The summed E-state index contributed by atoms with van der Waals surface area (Å²) in [5.41, 5.74) is 1.81. The van der Waals surface area contributed by atoms with E-state index < -0.39 is 5.97 Å². The monoisotopic (exact) mass is 309 g/mol. The van der Waals surface area contributed by atoms with Gasteiger partial charge in [0.05, 0.1) is 0 Å². The van der Waals surface area contributed by atoms with Crippen LogP contribution >= 0.6 is 11.6 Å². The lowest BCUT2D eigenvalue weighted by Crippen LogP contribution is -2.28. The maximum absolute atomic E-state index is 10.6. The Morgan fingerprint density at radius 1 is 1.33 bits per heavy atom. The van der Waals surface area contributed by atoms with E-state index in [-0.39, 0.29) is 0 Å². The predicted octanol–water partition coefficient (Wildman–Crippen LogP) is 4.70. The van der Waals surface area contributed by atoms with E-state index in [1.807, 2.05) is 18.2 Å². The van der Waals surface area contributed by atoms with Gasteiger partial charge < -0.3 is 10.0 Å². The fraction of sp³-hybridized carbons (Fsp3) is 0.471. The topological polar surface area (TPSA) is 40.5 Å². The summed E-state index contributed by atoms with van der Waals surface area (Å²) in [5.74, 6) is -0.297. The molecular weight excluding hydrogens is 286 g/mol. The Labute approximate surface area is 132 Å². The maximum Gasteiger partial charge on any atom is 0.328 e. The number of rotatable bonds is 8. The minimum absolute atomic E-state index is 0.577. The molecule has 1 aromatic rings. The normalized spacial score (nSPS) is 11.3. The van der Waals surface area contributed by atoms with Crippen molar-refractivity contribution in [2.24, 2.45) is 5.92 Å². The molecule has 0 aliphatic rings. The van der Waals surface area contributed by atoms with E-state index in [0.29, 0.717) is 10.9 Å². The fourth-order valence-corrected chi connectivity index (χ4v) is 2.52. The van der Waals surface area contributed by atoms with Gasteiger partial charge in [0.2, 0.25) is 0 Å². The third-order valence-electron chi connectivity index (χ3n) is 3.77. The molecule has 0 saturated carbocycles. The van der Waals surface area contributed by atoms with Gasteiger partial charge in [-0.1, -0.05) is 44.4 Å². The second-order valence-corrected chi connectivity index (χ2v) is 5.51. The third kappa shape index (κ3) is 5.43. The zero-order chi connectivity index (χ0) is 15.8. The van der Waals surface area contributed by atoms with Crippen molar-refractivity contribution < 1.29 is 9.90 Å². The van der Waals surface area contributed by atoms with Crippen molar-refractivity contribution in [3.63, 3.8) is 0 Å². The number of carboxylic acids is 1. The second kappa shape index (κ2) is 8.73. The number of hydrogen-bond acceptors (Lipinski definition) is 2. The van der Waals surface area contributed by atoms with E-state index in [2.05, 4.69) is 25.7 Å². The molecule has 1 N–H and O–H groups in total. The highest BCUT2D eigenvalue weighted by Crippen LogP contribution is 2.26. The van der Waals surface area contributed by atoms with Crippen molar-refractivity contribution in [2.45, 2.75) is 33.6 Å². The van der Waals surface area contributed by atoms with Crippen LogP contribution in [0.2, 0.25) is 5.02 Å². The van der Waals surface area contributed by atoms with E-state index >= 15 is 0 Å². The van der Waals surface area contributed by atoms with Crippen LogP contribution in [0.15, 0.2) is 24.3 Å². The van der Waals surface area contributed by atoms with Crippen molar-refractivity contribution in [3.05, 3.63) is 34.9 Å². The van der Waals surface area contributed by atoms with Gasteiger partial charge in [0.1, 0.15) is 0 Å². The van der Waals surface area contributed by atoms with Crippen LogP contribution in [0, 0.1) is 5.92 Å². The number of halogens is 1. The molecule has 116 valence electrons. The Morgan fingerprint density at radius 3 is 2.48 bits per heavy atom. The average molecular weight is 310 g/mol. The minimum Gasteiger partial charge on any atom is -0.478 e. The fourth-order valence-electron chi connectivity index (χ4n) is 2.28. The van der Waals surface area contributed by atoms with E-state index in [0.717, 1.165) is 30.4 Å². The summed E-state index contributed by atoms with van der Waals surface area (Å²) in [6.45, 7) is 8.51. The molecule has 21 heavy (non-hydrogen) atoms. The van der Waals surface area contributed by atoms with Gasteiger partial charge in [0.25, 0.3) is 0 Å². The number of nitrogens with zero attached hydrogens (tertiary/aromatic N) is 1. The molecule has 4 heteroatoms. The summed E-state index contributed by atoms with van der Waals surface area (Å²) in [6, 6.07) is 5.78. The van der Waals surface area contributed by atoms with Crippen LogP contribution in [0.4, 0.5) is 5.69 Å². The Kier molecular flexibility index (Phi) is 7.30. The van der Waals surface area contributed by atoms with Crippen molar-refractivity contribution in [3.8, 4) is 0 Å². The third-order valence-corrected chi connectivity index (χ3v) is 4.10.